The van der Waals surface area contributed by atoms with E-state index in [2.05, 4.69) is 0 Å². The summed E-state index contributed by atoms with van der Waals surface area (Å²) in [5.41, 5.74) is 1.05. The van der Waals surface area contributed by atoms with Gasteiger partial charge >= 0.3 is 5.97 Å². The average molecular weight is 272 g/mol. The van der Waals surface area contributed by atoms with Gasteiger partial charge in [0.15, 0.2) is 0 Å². The van der Waals surface area contributed by atoms with Gasteiger partial charge in [0.05, 0.1) is 7.11 Å². The number of rotatable bonds is 5. The fourth-order valence-electron chi connectivity index (χ4n) is 1.82. The summed E-state index contributed by atoms with van der Waals surface area (Å²) in [6.07, 6.45) is -0.838. The number of aliphatic hydroxyl groups is 1. The molecule has 0 aromatic heterocycles. The number of ether oxygens (including phenoxy) is 2. The van der Waals surface area contributed by atoms with Crippen molar-refractivity contribution in [3.05, 3.63) is 65.7 Å². The van der Waals surface area contributed by atoms with Gasteiger partial charge in [0.1, 0.15) is 24.0 Å². The molecule has 2 rings (SSSR count). The molecule has 2 aromatic rings. The van der Waals surface area contributed by atoms with Crippen LogP contribution in [0.15, 0.2) is 54.6 Å². The number of hydrogen-bond donors (Lipinski definition) is 1. The Balaban J connectivity index is 1.99. The van der Waals surface area contributed by atoms with E-state index < -0.39 is 12.1 Å². The number of methoxy groups -OCH3 is 1. The van der Waals surface area contributed by atoms with Gasteiger partial charge in [-0.2, -0.15) is 0 Å². The van der Waals surface area contributed by atoms with Gasteiger partial charge in [0.2, 0.25) is 0 Å². The van der Waals surface area contributed by atoms with Gasteiger partial charge in [0, 0.05) is 0 Å². The van der Waals surface area contributed by atoms with E-state index in [1.54, 1.807) is 36.4 Å². The smallest absolute Gasteiger partial charge is 0.342 e. The predicted molar refractivity (Wildman–Crippen MR) is 74.7 cm³/mol. The van der Waals surface area contributed by atoms with Gasteiger partial charge in [-0.25, -0.2) is 4.79 Å². The van der Waals surface area contributed by atoms with Crippen LogP contribution in [0.25, 0.3) is 0 Å². The van der Waals surface area contributed by atoms with Gasteiger partial charge in [-0.1, -0.05) is 42.5 Å². The summed E-state index contributed by atoms with van der Waals surface area (Å²) in [5, 5.41) is 9.93. The van der Waals surface area contributed by atoms with Crippen molar-refractivity contribution < 1.29 is 19.4 Å². The first-order chi connectivity index (χ1) is 9.72. The summed E-state index contributed by atoms with van der Waals surface area (Å²) in [7, 11) is 1.49. The molecule has 0 radical (unpaired) electrons. The van der Waals surface area contributed by atoms with E-state index in [9.17, 15) is 9.90 Å². The molecule has 0 aliphatic carbocycles. The lowest BCUT2D eigenvalue weighted by Gasteiger charge is -2.12. The van der Waals surface area contributed by atoms with E-state index >= 15 is 0 Å². The zero-order chi connectivity index (χ0) is 14.4. The van der Waals surface area contributed by atoms with Crippen LogP contribution < -0.4 is 4.74 Å². The highest BCUT2D eigenvalue weighted by Gasteiger charge is 2.15. The third kappa shape index (κ3) is 3.36. The second-order valence-corrected chi connectivity index (χ2v) is 4.23. The van der Waals surface area contributed by atoms with E-state index in [1.165, 1.54) is 7.11 Å². The zero-order valence-corrected chi connectivity index (χ0v) is 11.2. The van der Waals surface area contributed by atoms with Gasteiger partial charge in [-0.3, -0.25) is 0 Å². The molecule has 4 nitrogen and oxygen atoms in total. The number of aliphatic hydroxyl groups excluding tert-OH is 1. The number of carbonyl (C=O) groups excluding carboxylic acids is 1. The number of hydrogen-bond acceptors (Lipinski definition) is 4. The number of benzene rings is 2. The van der Waals surface area contributed by atoms with Crippen LogP contribution in [0, 0.1) is 0 Å². The minimum absolute atomic E-state index is 0.0963. The van der Waals surface area contributed by atoms with Crippen LogP contribution in [0.5, 0.6) is 5.75 Å². The first-order valence-electron chi connectivity index (χ1n) is 6.25. The Morgan fingerprint density at radius 2 is 1.75 bits per heavy atom. The first-order valence-corrected chi connectivity index (χ1v) is 6.25. The minimum atomic E-state index is -0.838. The van der Waals surface area contributed by atoms with Crippen molar-refractivity contribution in [1.29, 1.82) is 0 Å². The monoisotopic (exact) mass is 272 g/mol. The molecule has 2 aromatic carbocycles. The highest BCUT2D eigenvalue weighted by molar-refractivity contribution is 5.92. The first kappa shape index (κ1) is 14.1. The maximum atomic E-state index is 11.9. The second kappa shape index (κ2) is 6.73. The molecule has 104 valence electrons. The van der Waals surface area contributed by atoms with E-state index in [1.807, 2.05) is 18.2 Å². The van der Waals surface area contributed by atoms with Crippen LogP contribution in [-0.4, -0.2) is 24.8 Å². The second-order valence-electron chi connectivity index (χ2n) is 4.23. The standard InChI is InChI=1S/C16H16O4/c1-19-15-10-6-5-9-13(15)16(18)20-11-14(17)12-7-3-2-4-8-12/h2-10,14,17H,11H2,1H3/t14-/m0/s1. The summed E-state index contributed by atoms with van der Waals surface area (Å²) in [6, 6.07) is 15.9. The summed E-state index contributed by atoms with van der Waals surface area (Å²) in [4.78, 5) is 11.9. The molecular weight excluding hydrogens is 256 g/mol. The zero-order valence-electron chi connectivity index (χ0n) is 11.2. The summed E-state index contributed by atoms with van der Waals surface area (Å²) in [6.45, 7) is -0.0963. The summed E-state index contributed by atoms with van der Waals surface area (Å²) < 4.78 is 10.2. The fourth-order valence-corrected chi connectivity index (χ4v) is 1.82. The summed E-state index contributed by atoms with van der Waals surface area (Å²) >= 11 is 0. The maximum Gasteiger partial charge on any atom is 0.342 e. The normalized spacial score (nSPS) is 11.7. The Labute approximate surface area is 117 Å². The van der Waals surface area contributed by atoms with Crippen LogP contribution in [0.2, 0.25) is 0 Å². The Hall–Kier alpha value is -2.33. The molecule has 0 fully saturated rings. The van der Waals surface area contributed by atoms with E-state index in [-0.39, 0.29) is 6.61 Å². The Bertz CT molecular complexity index is 566. The lowest BCUT2D eigenvalue weighted by atomic mass is 10.1. The number of para-hydroxylation sites is 1. The Morgan fingerprint density at radius 1 is 1.10 bits per heavy atom. The molecule has 20 heavy (non-hydrogen) atoms. The SMILES string of the molecule is COc1ccccc1C(=O)OC[C@H](O)c1ccccc1. The third-order valence-electron chi connectivity index (χ3n) is 2.88. The molecule has 0 unspecified atom stereocenters. The quantitative estimate of drug-likeness (QED) is 0.850. The number of esters is 1. The fraction of sp³-hybridized carbons (Fsp3) is 0.188. The van der Waals surface area contributed by atoms with Crippen LogP contribution in [0.3, 0.4) is 0 Å². The third-order valence-corrected chi connectivity index (χ3v) is 2.88. The molecule has 0 amide bonds. The van der Waals surface area contributed by atoms with Crippen LogP contribution in [-0.2, 0) is 4.74 Å². The highest BCUT2D eigenvalue weighted by atomic mass is 16.5. The highest BCUT2D eigenvalue weighted by Crippen LogP contribution is 2.19. The van der Waals surface area contributed by atoms with Gasteiger partial charge in [-0.15, -0.1) is 0 Å². The molecule has 0 spiro atoms. The van der Waals surface area contributed by atoms with Crippen molar-refractivity contribution in [1.82, 2.24) is 0 Å². The van der Waals surface area contributed by atoms with Crippen molar-refractivity contribution >= 4 is 5.97 Å². The van der Waals surface area contributed by atoms with Crippen LogP contribution in [0.4, 0.5) is 0 Å². The van der Waals surface area contributed by atoms with E-state index in [4.69, 9.17) is 9.47 Å². The molecule has 0 heterocycles. The predicted octanol–water partition coefficient (Wildman–Crippen LogP) is 2.59. The molecular formula is C16H16O4. The van der Waals surface area contributed by atoms with Gasteiger partial charge in [0.25, 0.3) is 0 Å². The molecule has 1 atom stereocenters. The maximum absolute atomic E-state index is 11.9. The van der Waals surface area contributed by atoms with Gasteiger partial charge in [-0.05, 0) is 17.7 Å². The van der Waals surface area contributed by atoms with Crippen LogP contribution in [0.1, 0.15) is 22.0 Å². The Morgan fingerprint density at radius 3 is 2.45 bits per heavy atom. The number of carbonyl (C=O) groups is 1. The topological polar surface area (TPSA) is 55.8 Å². The van der Waals surface area contributed by atoms with Gasteiger partial charge < -0.3 is 14.6 Å². The van der Waals surface area contributed by atoms with Crippen LogP contribution >= 0.6 is 0 Å². The van der Waals surface area contributed by atoms with Crippen molar-refractivity contribution in [3.8, 4) is 5.75 Å². The average Bonchev–Trinajstić information content (AvgIpc) is 2.53. The summed E-state index contributed by atoms with van der Waals surface area (Å²) in [5.74, 6) is -0.0656. The van der Waals surface area contributed by atoms with Crippen molar-refractivity contribution in [2.24, 2.45) is 0 Å². The molecule has 0 saturated heterocycles. The van der Waals surface area contributed by atoms with E-state index in [0.29, 0.717) is 16.9 Å². The molecule has 0 aliphatic heterocycles. The molecule has 0 aliphatic rings. The lowest BCUT2D eigenvalue weighted by Crippen LogP contribution is -2.13. The molecule has 0 saturated carbocycles. The lowest BCUT2D eigenvalue weighted by molar-refractivity contribution is 0.0251. The van der Waals surface area contributed by atoms with Crippen molar-refractivity contribution in [3.63, 3.8) is 0 Å². The van der Waals surface area contributed by atoms with Crippen molar-refractivity contribution in [2.75, 3.05) is 13.7 Å². The molecule has 4 heteroatoms. The van der Waals surface area contributed by atoms with E-state index in [0.717, 1.165) is 0 Å². The minimum Gasteiger partial charge on any atom is -0.496 e. The largest absolute Gasteiger partial charge is 0.496 e. The molecule has 1 N–H and O–H groups in total. The Kier molecular flexibility index (Phi) is 4.74. The van der Waals surface area contributed by atoms with Crippen molar-refractivity contribution in [2.45, 2.75) is 6.10 Å². The molecule has 0 bridgehead atoms.